The average molecular weight is 205 g/mol. The molecule has 1 aliphatic rings. The zero-order valence-electron chi connectivity index (χ0n) is 9.24. The van der Waals surface area contributed by atoms with E-state index in [0.29, 0.717) is 6.54 Å². The summed E-state index contributed by atoms with van der Waals surface area (Å²) in [5.41, 5.74) is 1.78. The predicted molar refractivity (Wildman–Crippen MR) is 60.1 cm³/mol. The molecule has 1 N–H and O–H groups in total. The van der Waals surface area contributed by atoms with E-state index in [1.165, 1.54) is 0 Å². The Balaban J connectivity index is 2.47. The Bertz CT molecular complexity index is 401. The molecule has 0 unspecified atom stereocenters. The van der Waals surface area contributed by atoms with Crippen LogP contribution in [0.4, 0.5) is 11.5 Å². The number of carbonyl (C=O) groups excluding carboxylic acids is 1. The molecule has 4 nitrogen and oxygen atoms in total. The van der Waals surface area contributed by atoms with Gasteiger partial charge in [0.25, 0.3) is 0 Å². The maximum absolute atomic E-state index is 11.4. The van der Waals surface area contributed by atoms with Gasteiger partial charge in [0.1, 0.15) is 0 Å². The van der Waals surface area contributed by atoms with Crippen LogP contribution in [0.3, 0.4) is 0 Å². The highest BCUT2D eigenvalue weighted by Gasteiger charge is 2.24. The van der Waals surface area contributed by atoms with Gasteiger partial charge >= 0.3 is 0 Å². The molecular weight excluding hydrogens is 190 g/mol. The van der Waals surface area contributed by atoms with Gasteiger partial charge in [0, 0.05) is 11.7 Å². The molecule has 0 atom stereocenters. The summed E-state index contributed by atoms with van der Waals surface area (Å²) in [7, 11) is 0. The van der Waals surface area contributed by atoms with Crippen LogP contribution in [0.5, 0.6) is 0 Å². The fraction of sp³-hybridized carbons (Fsp3) is 0.455. The monoisotopic (exact) mass is 205 g/mol. The van der Waals surface area contributed by atoms with Crippen molar-refractivity contribution in [2.45, 2.75) is 26.8 Å². The van der Waals surface area contributed by atoms with Crippen molar-refractivity contribution in [3.63, 3.8) is 0 Å². The molecule has 0 fully saturated rings. The van der Waals surface area contributed by atoms with E-state index in [0.717, 1.165) is 17.2 Å². The van der Waals surface area contributed by atoms with Crippen molar-refractivity contribution in [1.29, 1.82) is 0 Å². The highest BCUT2D eigenvalue weighted by atomic mass is 16.2. The molecule has 2 heterocycles. The van der Waals surface area contributed by atoms with E-state index in [-0.39, 0.29) is 11.9 Å². The summed E-state index contributed by atoms with van der Waals surface area (Å²) in [5.74, 6) is 0.909. The Hall–Kier alpha value is -1.58. The molecule has 2 rings (SSSR count). The van der Waals surface area contributed by atoms with E-state index in [4.69, 9.17) is 0 Å². The lowest BCUT2D eigenvalue weighted by Gasteiger charge is -2.32. The summed E-state index contributed by atoms with van der Waals surface area (Å²) in [4.78, 5) is 17.9. The van der Waals surface area contributed by atoms with Crippen molar-refractivity contribution in [3.8, 4) is 0 Å². The minimum absolute atomic E-state index is 0.0295. The first kappa shape index (κ1) is 9.96. The summed E-state index contributed by atoms with van der Waals surface area (Å²) in [6.45, 7) is 6.47. The van der Waals surface area contributed by atoms with Crippen molar-refractivity contribution < 1.29 is 4.79 Å². The van der Waals surface area contributed by atoms with Gasteiger partial charge in [-0.3, -0.25) is 4.79 Å². The van der Waals surface area contributed by atoms with Crippen LogP contribution in [0.25, 0.3) is 0 Å². The molecule has 1 aliphatic heterocycles. The zero-order chi connectivity index (χ0) is 11.0. The number of rotatable bonds is 1. The minimum atomic E-state index is 0.0295. The number of hydrogen-bond donors (Lipinski definition) is 1. The van der Waals surface area contributed by atoms with E-state index in [1.807, 2.05) is 24.0 Å². The number of amides is 1. The smallest absolute Gasteiger partial charge is 0.244 e. The number of carbonyl (C=O) groups is 1. The summed E-state index contributed by atoms with van der Waals surface area (Å²) < 4.78 is 0. The SMILES string of the molecule is Cc1ccc2c(n1)N(C(C)C)CC(=O)N2. The molecule has 1 aromatic heterocycles. The second-order valence-corrected chi connectivity index (χ2v) is 4.09. The molecule has 0 saturated carbocycles. The van der Waals surface area contributed by atoms with E-state index < -0.39 is 0 Å². The van der Waals surface area contributed by atoms with E-state index >= 15 is 0 Å². The van der Waals surface area contributed by atoms with Gasteiger partial charge in [-0.25, -0.2) is 4.98 Å². The summed E-state index contributed by atoms with van der Waals surface area (Å²) in [5, 5.41) is 2.83. The van der Waals surface area contributed by atoms with Crippen LogP contribution in [-0.2, 0) is 4.79 Å². The normalized spacial score (nSPS) is 15.2. The minimum Gasteiger partial charge on any atom is -0.343 e. The van der Waals surface area contributed by atoms with Gasteiger partial charge in [-0.1, -0.05) is 0 Å². The molecule has 0 saturated heterocycles. The quantitative estimate of drug-likeness (QED) is 0.756. The molecule has 4 heteroatoms. The Labute approximate surface area is 89.3 Å². The van der Waals surface area contributed by atoms with Gasteiger partial charge in [0.2, 0.25) is 5.91 Å². The van der Waals surface area contributed by atoms with Crippen LogP contribution in [-0.4, -0.2) is 23.5 Å². The highest BCUT2D eigenvalue weighted by molar-refractivity contribution is 6.00. The fourth-order valence-corrected chi connectivity index (χ4v) is 1.71. The maximum Gasteiger partial charge on any atom is 0.244 e. The van der Waals surface area contributed by atoms with Crippen LogP contribution in [0, 0.1) is 6.92 Å². The second kappa shape index (κ2) is 3.53. The molecule has 0 bridgehead atoms. The summed E-state index contributed by atoms with van der Waals surface area (Å²) in [6.07, 6.45) is 0. The van der Waals surface area contributed by atoms with Gasteiger partial charge in [-0.05, 0) is 32.9 Å². The number of nitrogens with zero attached hydrogens (tertiary/aromatic N) is 2. The van der Waals surface area contributed by atoms with Crippen LogP contribution in [0.15, 0.2) is 12.1 Å². The topological polar surface area (TPSA) is 45.2 Å². The van der Waals surface area contributed by atoms with E-state index in [9.17, 15) is 4.79 Å². The van der Waals surface area contributed by atoms with Gasteiger partial charge in [0.05, 0.1) is 12.2 Å². The molecule has 1 aromatic rings. The molecule has 0 radical (unpaired) electrons. The van der Waals surface area contributed by atoms with Gasteiger partial charge in [0.15, 0.2) is 5.82 Å². The standard InChI is InChI=1S/C11H15N3O/c1-7(2)14-6-10(15)13-9-5-4-8(3)12-11(9)14/h4-5,7H,6H2,1-3H3,(H,13,15). The van der Waals surface area contributed by atoms with Crippen LogP contribution < -0.4 is 10.2 Å². The Kier molecular flexibility index (Phi) is 2.34. The van der Waals surface area contributed by atoms with Crippen molar-refractivity contribution in [3.05, 3.63) is 17.8 Å². The van der Waals surface area contributed by atoms with E-state index in [1.54, 1.807) is 0 Å². The molecular formula is C11H15N3O. The van der Waals surface area contributed by atoms with Crippen LogP contribution >= 0.6 is 0 Å². The third-order valence-electron chi connectivity index (χ3n) is 2.50. The predicted octanol–water partition coefficient (Wildman–Crippen LogP) is 1.56. The fourth-order valence-electron chi connectivity index (χ4n) is 1.71. The van der Waals surface area contributed by atoms with Gasteiger partial charge in [-0.15, -0.1) is 0 Å². The first-order chi connectivity index (χ1) is 7.08. The van der Waals surface area contributed by atoms with E-state index in [2.05, 4.69) is 24.1 Å². The Morgan fingerprint density at radius 2 is 2.20 bits per heavy atom. The second-order valence-electron chi connectivity index (χ2n) is 4.09. The van der Waals surface area contributed by atoms with Crippen LogP contribution in [0.1, 0.15) is 19.5 Å². The lowest BCUT2D eigenvalue weighted by Crippen LogP contribution is -2.42. The summed E-state index contributed by atoms with van der Waals surface area (Å²) >= 11 is 0. The third-order valence-corrected chi connectivity index (χ3v) is 2.50. The van der Waals surface area contributed by atoms with Crippen molar-refractivity contribution in [1.82, 2.24) is 4.98 Å². The molecule has 1 amide bonds. The van der Waals surface area contributed by atoms with Crippen molar-refractivity contribution in [2.24, 2.45) is 0 Å². The summed E-state index contributed by atoms with van der Waals surface area (Å²) in [6, 6.07) is 4.09. The maximum atomic E-state index is 11.4. The number of fused-ring (bicyclic) bond motifs is 1. The molecule has 80 valence electrons. The van der Waals surface area contributed by atoms with Crippen molar-refractivity contribution >= 4 is 17.4 Å². The first-order valence-corrected chi connectivity index (χ1v) is 5.12. The average Bonchev–Trinajstić information content (AvgIpc) is 2.17. The number of aryl methyl sites for hydroxylation is 1. The van der Waals surface area contributed by atoms with Gasteiger partial charge < -0.3 is 10.2 Å². The lowest BCUT2D eigenvalue weighted by atomic mass is 10.2. The number of anilines is 2. The molecule has 0 aromatic carbocycles. The number of aromatic nitrogens is 1. The Morgan fingerprint density at radius 1 is 1.47 bits per heavy atom. The molecule has 0 aliphatic carbocycles. The number of pyridine rings is 1. The van der Waals surface area contributed by atoms with Crippen LogP contribution in [0.2, 0.25) is 0 Å². The van der Waals surface area contributed by atoms with Gasteiger partial charge in [-0.2, -0.15) is 0 Å². The third kappa shape index (κ3) is 1.79. The number of hydrogen-bond acceptors (Lipinski definition) is 3. The lowest BCUT2D eigenvalue weighted by molar-refractivity contribution is -0.115. The first-order valence-electron chi connectivity index (χ1n) is 5.12. The zero-order valence-corrected chi connectivity index (χ0v) is 9.24. The number of nitrogens with one attached hydrogen (secondary N) is 1. The largest absolute Gasteiger partial charge is 0.343 e. The highest BCUT2D eigenvalue weighted by Crippen LogP contribution is 2.28. The molecule has 15 heavy (non-hydrogen) atoms. The Morgan fingerprint density at radius 3 is 2.87 bits per heavy atom. The van der Waals surface area contributed by atoms with Crippen molar-refractivity contribution in [2.75, 3.05) is 16.8 Å². The molecule has 0 spiro atoms.